The first-order valence-corrected chi connectivity index (χ1v) is 14.6. The molecule has 5 aromatic rings. The number of aromatic nitrogens is 1. The van der Waals surface area contributed by atoms with Crippen molar-refractivity contribution in [2.75, 3.05) is 12.4 Å². The van der Waals surface area contributed by atoms with Gasteiger partial charge in [0, 0.05) is 11.3 Å². The van der Waals surface area contributed by atoms with Crippen molar-refractivity contribution >= 4 is 29.0 Å². The average molecular weight is 588 g/mol. The van der Waals surface area contributed by atoms with E-state index in [-0.39, 0.29) is 11.5 Å². The van der Waals surface area contributed by atoms with E-state index in [1.54, 1.807) is 18.6 Å². The molecule has 1 atom stereocenters. The number of methoxy groups -OCH3 is 1. The molecule has 1 N–H and O–H groups in total. The van der Waals surface area contributed by atoms with Crippen LogP contribution in [0.4, 0.5) is 5.69 Å². The summed E-state index contributed by atoms with van der Waals surface area (Å²) in [4.78, 5) is 33.1. The van der Waals surface area contributed by atoms with E-state index in [9.17, 15) is 9.59 Å². The molecule has 0 bridgehead atoms. The van der Waals surface area contributed by atoms with Gasteiger partial charge < -0.3 is 14.8 Å². The van der Waals surface area contributed by atoms with Gasteiger partial charge in [0.05, 0.1) is 29.0 Å². The first kappa shape index (κ1) is 27.9. The predicted molar refractivity (Wildman–Crippen MR) is 169 cm³/mol. The zero-order valence-corrected chi connectivity index (χ0v) is 24.5. The number of carbonyl (C=O) groups is 1. The van der Waals surface area contributed by atoms with Crippen LogP contribution in [0.5, 0.6) is 11.5 Å². The van der Waals surface area contributed by atoms with Crippen molar-refractivity contribution in [2.24, 2.45) is 4.99 Å². The molecule has 7 nitrogen and oxygen atoms in total. The number of amides is 1. The summed E-state index contributed by atoms with van der Waals surface area (Å²) in [5, 5.41) is 2.98. The second-order valence-electron chi connectivity index (χ2n) is 9.99. The van der Waals surface area contributed by atoms with Gasteiger partial charge in [-0.2, -0.15) is 0 Å². The Morgan fingerprint density at radius 3 is 2.33 bits per heavy atom. The summed E-state index contributed by atoms with van der Waals surface area (Å²) in [7, 11) is 1.60. The third-order valence-corrected chi connectivity index (χ3v) is 8.16. The standard InChI is InChI=1S/C35H29N3O4S/c1-23-31(33(39)37-27-14-7-4-8-15-27)32(25-17-19-28(41-2)20-18-25)38-34(40)30(43-35(38)36-23)21-26-13-9-10-16-29(26)42-22-24-11-5-3-6-12-24/h3-21,32H,22H2,1-2H3,(H,37,39)/b30-21+/t32-/m0/s1. The van der Waals surface area contributed by atoms with Crippen LogP contribution in [0.15, 0.2) is 130 Å². The Balaban J connectivity index is 1.43. The Hall–Kier alpha value is -5.21. The van der Waals surface area contributed by atoms with Crippen LogP contribution in [0.2, 0.25) is 0 Å². The highest BCUT2D eigenvalue weighted by atomic mass is 32.1. The second-order valence-corrected chi connectivity index (χ2v) is 11.0. The van der Waals surface area contributed by atoms with Crippen molar-refractivity contribution in [3.05, 3.63) is 157 Å². The Morgan fingerprint density at radius 1 is 0.930 bits per heavy atom. The quantitative estimate of drug-likeness (QED) is 0.261. The minimum atomic E-state index is -0.683. The molecule has 43 heavy (non-hydrogen) atoms. The molecule has 214 valence electrons. The van der Waals surface area contributed by atoms with E-state index in [2.05, 4.69) is 5.32 Å². The Bertz CT molecular complexity index is 1980. The number of para-hydroxylation sites is 2. The molecule has 1 amide bonds. The summed E-state index contributed by atoms with van der Waals surface area (Å²) in [6.45, 7) is 2.21. The zero-order valence-electron chi connectivity index (χ0n) is 23.7. The molecule has 0 spiro atoms. The summed E-state index contributed by atoms with van der Waals surface area (Å²) >= 11 is 1.29. The van der Waals surface area contributed by atoms with E-state index in [1.165, 1.54) is 11.3 Å². The topological polar surface area (TPSA) is 81.9 Å². The number of hydrogen-bond donors (Lipinski definition) is 1. The van der Waals surface area contributed by atoms with Gasteiger partial charge >= 0.3 is 0 Å². The molecule has 0 fully saturated rings. The average Bonchev–Trinajstić information content (AvgIpc) is 3.34. The van der Waals surface area contributed by atoms with Crippen molar-refractivity contribution in [3.8, 4) is 11.5 Å². The van der Waals surface area contributed by atoms with Crippen LogP contribution in [-0.2, 0) is 11.4 Å². The van der Waals surface area contributed by atoms with Crippen LogP contribution in [0.3, 0.4) is 0 Å². The molecule has 8 heteroatoms. The Labute approximate surface area is 252 Å². The monoisotopic (exact) mass is 587 g/mol. The van der Waals surface area contributed by atoms with Crippen molar-refractivity contribution in [2.45, 2.75) is 19.6 Å². The van der Waals surface area contributed by atoms with Crippen molar-refractivity contribution in [3.63, 3.8) is 0 Å². The highest BCUT2D eigenvalue weighted by molar-refractivity contribution is 7.07. The fourth-order valence-corrected chi connectivity index (χ4v) is 6.08. The summed E-state index contributed by atoms with van der Waals surface area (Å²) in [5.74, 6) is 1.03. The van der Waals surface area contributed by atoms with E-state index in [0.29, 0.717) is 44.4 Å². The second kappa shape index (κ2) is 12.3. The van der Waals surface area contributed by atoms with Crippen molar-refractivity contribution in [1.82, 2.24) is 4.57 Å². The molecule has 4 aromatic carbocycles. The maximum absolute atomic E-state index is 14.1. The van der Waals surface area contributed by atoms with Gasteiger partial charge in [-0.1, -0.05) is 90.2 Å². The van der Waals surface area contributed by atoms with Gasteiger partial charge in [0.2, 0.25) is 0 Å². The van der Waals surface area contributed by atoms with Gasteiger partial charge in [0.15, 0.2) is 4.80 Å². The number of ether oxygens (including phenoxy) is 2. The van der Waals surface area contributed by atoms with Gasteiger partial charge in [-0.3, -0.25) is 14.2 Å². The summed E-state index contributed by atoms with van der Waals surface area (Å²) in [5.41, 5.74) is 3.97. The van der Waals surface area contributed by atoms with Crippen molar-refractivity contribution in [1.29, 1.82) is 0 Å². The summed E-state index contributed by atoms with van der Waals surface area (Å²) in [6.07, 6.45) is 1.83. The summed E-state index contributed by atoms with van der Waals surface area (Å²) in [6, 6.07) is 33.5. The summed E-state index contributed by atoms with van der Waals surface area (Å²) < 4.78 is 13.6. The molecular formula is C35H29N3O4S. The molecule has 1 aliphatic heterocycles. The molecule has 6 rings (SSSR count). The minimum Gasteiger partial charge on any atom is -0.497 e. The molecule has 0 radical (unpaired) electrons. The normalized spacial score (nSPS) is 14.6. The molecule has 0 saturated carbocycles. The van der Waals surface area contributed by atoms with Gasteiger partial charge in [-0.25, -0.2) is 4.99 Å². The smallest absolute Gasteiger partial charge is 0.271 e. The van der Waals surface area contributed by atoms with Crippen LogP contribution in [0.25, 0.3) is 6.08 Å². The minimum absolute atomic E-state index is 0.236. The lowest BCUT2D eigenvalue weighted by Gasteiger charge is -2.25. The molecule has 1 aliphatic rings. The van der Waals surface area contributed by atoms with E-state index in [0.717, 1.165) is 16.7 Å². The number of thiazole rings is 1. The first-order valence-electron chi connectivity index (χ1n) is 13.8. The SMILES string of the molecule is COc1ccc([C@H]2C(C(=O)Nc3ccccc3)=C(C)N=c3s/c(=C/c4ccccc4OCc4ccccc4)c(=O)n32)cc1. The van der Waals surface area contributed by atoms with Gasteiger partial charge in [-0.15, -0.1) is 0 Å². The lowest BCUT2D eigenvalue weighted by atomic mass is 9.95. The van der Waals surface area contributed by atoms with E-state index in [1.807, 2.05) is 115 Å². The van der Waals surface area contributed by atoms with Gasteiger partial charge in [-0.05, 0) is 54.5 Å². The number of fused-ring (bicyclic) bond motifs is 1. The highest BCUT2D eigenvalue weighted by Crippen LogP contribution is 2.32. The molecule has 0 unspecified atom stereocenters. The number of benzene rings is 4. The van der Waals surface area contributed by atoms with Gasteiger partial charge in [0.25, 0.3) is 11.5 Å². The number of nitrogens with zero attached hydrogens (tertiary/aromatic N) is 2. The number of anilines is 1. The molecular weight excluding hydrogens is 558 g/mol. The Kier molecular flexibility index (Phi) is 8.02. The lowest BCUT2D eigenvalue weighted by Crippen LogP contribution is -2.40. The van der Waals surface area contributed by atoms with E-state index in [4.69, 9.17) is 14.5 Å². The Morgan fingerprint density at radius 2 is 1.60 bits per heavy atom. The molecule has 0 saturated heterocycles. The first-order chi connectivity index (χ1) is 21.0. The number of allylic oxidation sites excluding steroid dienone is 1. The van der Waals surface area contributed by atoms with E-state index >= 15 is 0 Å². The highest BCUT2D eigenvalue weighted by Gasteiger charge is 2.32. The lowest BCUT2D eigenvalue weighted by molar-refractivity contribution is -0.113. The van der Waals surface area contributed by atoms with Crippen LogP contribution < -0.4 is 29.7 Å². The largest absolute Gasteiger partial charge is 0.497 e. The van der Waals surface area contributed by atoms with Crippen LogP contribution in [-0.4, -0.2) is 17.6 Å². The predicted octanol–water partition coefficient (Wildman–Crippen LogP) is 5.46. The van der Waals surface area contributed by atoms with Crippen molar-refractivity contribution < 1.29 is 14.3 Å². The number of nitrogens with one attached hydrogen (secondary N) is 1. The molecule has 0 aliphatic carbocycles. The fraction of sp³-hybridized carbons (Fsp3) is 0.114. The number of carbonyl (C=O) groups excluding carboxylic acids is 1. The van der Waals surface area contributed by atoms with Crippen LogP contribution in [0.1, 0.15) is 29.7 Å². The molecule has 2 heterocycles. The van der Waals surface area contributed by atoms with Gasteiger partial charge in [0.1, 0.15) is 18.1 Å². The number of hydrogen-bond acceptors (Lipinski definition) is 6. The van der Waals surface area contributed by atoms with Crippen LogP contribution in [0, 0.1) is 0 Å². The van der Waals surface area contributed by atoms with Crippen LogP contribution >= 0.6 is 11.3 Å². The fourth-order valence-electron chi connectivity index (χ4n) is 5.04. The third-order valence-electron chi connectivity index (χ3n) is 7.17. The molecule has 1 aromatic heterocycles. The number of rotatable bonds is 8. The van der Waals surface area contributed by atoms with E-state index < -0.39 is 6.04 Å². The maximum atomic E-state index is 14.1. The maximum Gasteiger partial charge on any atom is 0.271 e. The zero-order chi connectivity index (χ0) is 29.8. The third kappa shape index (κ3) is 5.91.